The fraction of sp³-hybridized carbons (Fsp3) is 0.286. The van der Waals surface area contributed by atoms with Crippen molar-refractivity contribution in [3.8, 4) is 0 Å². The van der Waals surface area contributed by atoms with Crippen LogP contribution in [-0.4, -0.2) is 42.4 Å². The molecular weight excluding hydrogens is 455 g/mol. The number of anilines is 2. The summed E-state index contributed by atoms with van der Waals surface area (Å²) in [6.45, 7) is 1.53. The molecule has 0 bridgehead atoms. The number of urea groups is 1. The SMILES string of the molecule is O=C(CCNC(=O)c1cc(F)ccc1Br)Nc1ccccc1NC(=O)N1CCCC1. The summed E-state index contributed by atoms with van der Waals surface area (Å²) in [5.74, 6) is -1.32. The van der Waals surface area contributed by atoms with Gasteiger partial charge in [0.05, 0.1) is 16.9 Å². The summed E-state index contributed by atoms with van der Waals surface area (Å²) in [7, 11) is 0. The summed E-state index contributed by atoms with van der Waals surface area (Å²) in [5.41, 5.74) is 1.15. The van der Waals surface area contributed by atoms with Gasteiger partial charge in [-0.3, -0.25) is 9.59 Å². The van der Waals surface area contributed by atoms with Crippen molar-refractivity contribution in [2.75, 3.05) is 30.3 Å². The van der Waals surface area contributed by atoms with Crippen molar-refractivity contribution in [2.45, 2.75) is 19.3 Å². The average Bonchev–Trinajstić information content (AvgIpc) is 3.26. The number of carbonyl (C=O) groups is 3. The molecule has 0 saturated carbocycles. The average molecular weight is 477 g/mol. The quantitative estimate of drug-likeness (QED) is 0.588. The molecule has 0 unspecified atom stereocenters. The fourth-order valence-electron chi connectivity index (χ4n) is 3.08. The van der Waals surface area contributed by atoms with Gasteiger partial charge >= 0.3 is 6.03 Å². The molecule has 7 nitrogen and oxygen atoms in total. The van der Waals surface area contributed by atoms with E-state index in [1.165, 1.54) is 12.1 Å². The molecule has 0 atom stereocenters. The highest BCUT2D eigenvalue weighted by Crippen LogP contribution is 2.22. The van der Waals surface area contributed by atoms with E-state index in [4.69, 9.17) is 0 Å². The number of likely N-dealkylation sites (tertiary alicyclic amines) is 1. The largest absolute Gasteiger partial charge is 0.351 e. The summed E-state index contributed by atoms with van der Waals surface area (Å²) in [5, 5.41) is 8.17. The van der Waals surface area contributed by atoms with E-state index < -0.39 is 11.7 Å². The first kappa shape index (κ1) is 21.8. The Bertz CT molecular complexity index is 948. The van der Waals surface area contributed by atoms with Crippen LogP contribution in [0.4, 0.5) is 20.6 Å². The van der Waals surface area contributed by atoms with Crippen molar-refractivity contribution < 1.29 is 18.8 Å². The van der Waals surface area contributed by atoms with E-state index in [9.17, 15) is 18.8 Å². The molecule has 3 rings (SSSR count). The van der Waals surface area contributed by atoms with Gasteiger partial charge in [0, 0.05) is 30.5 Å². The Balaban J connectivity index is 1.52. The molecule has 2 aromatic rings. The maximum absolute atomic E-state index is 13.3. The number of nitrogens with one attached hydrogen (secondary N) is 3. The second kappa shape index (κ2) is 10.2. The Morgan fingerprint density at radius 3 is 2.37 bits per heavy atom. The summed E-state index contributed by atoms with van der Waals surface area (Å²) >= 11 is 3.20. The van der Waals surface area contributed by atoms with Crippen molar-refractivity contribution in [1.82, 2.24) is 10.2 Å². The van der Waals surface area contributed by atoms with E-state index in [1.54, 1.807) is 29.2 Å². The maximum Gasteiger partial charge on any atom is 0.321 e. The smallest absolute Gasteiger partial charge is 0.321 e. The van der Waals surface area contributed by atoms with E-state index in [1.807, 2.05) is 0 Å². The number of benzene rings is 2. The molecule has 0 aliphatic carbocycles. The summed E-state index contributed by atoms with van der Waals surface area (Å²) in [4.78, 5) is 38.5. The molecule has 0 radical (unpaired) electrons. The van der Waals surface area contributed by atoms with Crippen LogP contribution in [-0.2, 0) is 4.79 Å². The van der Waals surface area contributed by atoms with Gasteiger partial charge in [0.15, 0.2) is 0 Å². The monoisotopic (exact) mass is 476 g/mol. The van der Waals surface area contributed by atoms with E-state index in [-0.39, 0.29) is 30.5 Å². The Morgan fingerprint density at radius 1 is 1.00 bits per heavy atom. The van der Waals surface area contributed by atoms with Crippen molar-refractivity contribution in [1.29, 1.82) is 0 Å². The lowest BCUT2D eigenvalue weighted by atomic mass is 10.2. The van der Waals surface area contributed by atoms with E-state index in [0.29, 0.717) is 15.8 Å². The van der Waals surface area contributed by atoms with Gasteiger partial charge in [-0.05, 0) is 59.1 Å². The highest BCUT2D eigenvalue weighted by atomic mass is 79.9. The first-order valence-electron chi connectivity index (χ1n) is 9.62. The molecule has 1 aliphatic rings. The number of halogens is 2. The minimum atomic E-state index is -0.520. The van der Waals surface area contributed by atoms with Gasteiger partial charge in [-0.1, -0.05) is 12.1 Å². The first-order chi connectivity index (χ1) is 14.4. The molecule has 4 amide bonds. The number of para-hydroxylation sites is 2. The predicted molar refractivity (Wildman–Crippen MR) is 116 cm³/mol. The van der Waals surface area contributed by atoms with Crippen molar-refractivity contribution >= 4 is 45.2 Å². The van der Waals surface area contributed by atoms with Crippen molar-refractivity contribution in [3.63, 3.8) is 0 Å². The third-order valence-electron chi connectivity index (χ3n) is 4.65. The van der Waals surface area contributed by atoms with Crippen LogP contribution in [0.5, 0.6) is 0 Å². The molecule has 9 heteroatoms. The molecule has 0 aromatic heterocycles. The third kappa shape index (κ3) is 5.79. The first-order valence-corrected chi connectivity index (χ1v) is 10.4. The number of nitrogens with zero attached hydrogens (tertiary/aromatic N) is 1. The van der Waals surface area contributed by atoms with Crippen LogP contribution in [0.3, 0.4) is 0 Å². The zero-order valence-electron chi connectivity index (χ0n) is 16.2. The van der Waals surface area contributed by atoms with E-state index in [2.05, 4.69) is 31.9 Å². The standard InChI is InChI=1S/C21H22BrFN4O3/c22-16-8-7-14(23)13-15(16)20(29)24-10-9-19(28)25-17-5-1-2-6-18(17)26-21(30)27-11-3-4-12-27/h1-2,5-8,13H,3-4,9-12H2,(H,24,29)(H,25,28)(H,26,30). The number of carbonyl (C=O) groups excluding carboxylic acids is 3. The zero-order valence-corrected chi connectivity index (χ0v) is 17.8. The van der Waals surface area contributed by atoms with Crippen LogP contribution in [0.25, 0.3) is 0 Å². The lowest BCUT2D eigenvalue weighted by Gasteiger charge is -2.18. The highest BCUT2D eigenvalue weighted by molar-refractivity contribution is 9.10. The van der Waals surface area contributed by atoms with Crippen LogP contribution >= 0.6 is 15.9 Å². The van der Waals surface area contributed by atoms with Crippen LogP contribution in [0.1, 0.15) is 29.6 Å². The summed E-state index contributed by atoms with van der Waals surface area (Å²) in [6, 6.07) is 10.6. The summed E-state index contributed by atoms with van der Waals surface area (Å²) in [6.07, 6.45) is 2.00. The molecule has 0 spiro atoms. The topological polar surface area (TPSA) is 90.5 Å². The molecule has 1 heterocycles. The molecule has 1 saturated heterocycles. The lowest BCUT2D eigenvalue weighted by molar-refractivity contribution is -0.116. The Hall–Kier alpha value is -2.94. The molecule has 158 valence electrons. The third-order valence-corrected chi connectivity index (χ3v) is 5.34. The highest BCUT2D eigenvalue weighted by Gasteiger charge is 2.19. The molecule has 1 aliphatic heterocycles. The van der Waals surface area contributed by atoms with Gasteiger partial charge in [0.1, 0.15) is 5.82 Å². The molecule has 1 fully saturated rings. The maximum atomic E-state index is 13.3. The molecule has 2 aromatic carbocycles. The van der Waals surface area contributed by atoms with Crippen molar-refractivity contribution in [3.05, 3.63) is 58.3 Å². The van der Waals surface area contributed by atoms with Gasteiger partial charge in [-0.2, -0.15) is 0 Å². The minimum Gasteiger partial charge on any atom is -0.351 e. The van der Waals surface area contributed by atoms with Gasteiger partial charge in [0.2, 0.25) is 5.91 Å². The number of hydrogen-bond acceptors (Lipinski definition) is 3. The summed E-state index contributed by atoms with van der Waals surface area (Å²) < 4.78 is 13.8. The Labute approximate surface area is 182 Å². The number of rotatable bonds is 6. The van der Waals surface area contributed by atoms with Crippen LogP contribution < -0.4 is 16.0 Å². The predicted octanol–water partition coefficient (Wildman–Crippen LogP) is 3.97. The van der Waals surface area contributed by atoms with Gasteiger partial charge in [-0.25, -0.2) is 9.18 Å². The zero-order chi connectivity index (χ0) is 21.5. The van der Waals surface area contributed by atoms with Crippen molar-refractivity contribution in [2.24, 2.45) is 0 Å². The van der Waals surface area contributed by atoms with Crippen LogP contribution in [0, 0.1) is 5.82 Å². The van der Waals surface area contributed by atoms with Gasteiger partial charge in [0.25, 0.3) is 5.91 Å². The number of hydrogen-bond donors (Lipinski definition) is 3. The molecular formula is C21H22BrFN4O3. The normalized spacial score (nSPS) is 13.1. The van der Waals surface area contributed by atoms with Gasteiger partial charge < -0.3 is 20.9 Å². The number of amides is 4. The second-order valence-electron chi connectivity index (χ2n) is 6.85. The fourth-order valence-corrected chi connectivity index (χ4v) is 3.51. The minimum absolute atomic E-state index is 0.0209. The lowest BCUT2D eigenvalue weighted by Crippen LogP contribution is -2.32. The molecule has 3 N–H and O–H groups in total. The van der Waals surface area contributed by atoms with Crippen LogP contribution in [0.15, 0.2) is 46.9 Å². The Kier molecular flexibility index (Phi) is 7.40. The van der Waals surface area contributed by atoms with Gasteiger partial charge in [-0.15, -0.1) is 0 Å². The van der Waals surface area contributed by atoms with E-state index >= 15 is 0 Å². The molecule has 30 heavy (non-hydrogen) atoms. The van der Waals surface area contributed by atoms with Crippen LogP contribution in [0.2, 0.25) is 0 Å². The van der Waals surface area contributed by atoms with E-state index in [0.717, 1.165) is 32.0 Å². The second-order valence-corrected chi connectivity index (χ2v) is 7.70. The Morgan fingerprint density at radius 2 is 1.67 bits per heavy atom.